The van der Waals surface area contributed by atoms with Crippen LogP contribution in [0, 0.1) is 12.8 Å². The molecule has 0 radical (unpaired) electrons. The van der Waals surface area contributed by atoms with Crippen LogP contribution in [0.4, 0.5) is 10.5 Å². The third-order valence-corrected chi connectivity index (χ3v) is 11.4. The Bertz CT molecular complexity index is 1480. The van der Waals surface area contributed by atoms with Crippen molar-refractivity contribution in [2.24, 2.45) is 5.92 Å². The molecule has 2 aromatic carbocycles. The van der Waals surface area contributed by atoms with Crippen molar-refractivity contribution >= 4 is 39.4 Å². The fourth-order valence-corrected chi connectivity index (χ4v) is 8.81. The van der Waals surface area contributed by atoms with Crippen molar-refractivity contribution in [3.05, 3.63) is 64.7 Å². The molecule has 4 aliphatic heterocycles. The van der Waals surface area contributed by atoms with Gasteiger partial charge in [-0.1, -0.05) is 30.0 Å². The van der Waals surface area contributed by atoms with Crippen molar-refractivity contribution in [1.82, 2.24) is 20.3 Å². The van der Waals surface area contributed by atoms with Crippen LogP contribution < -0.4 is 25.6 Å². The zero-order valence-electron chi connectivity index (χ0n) is 23.1. The molecule has 0 spiro atoms. The smallest absolute Gasteiger partial charge is 0.326 e. The second-order valence-electron chi connectivity index (χ2n) is 10.9. The van der Waals surface area contributed by atoms with Gasteiger partial charge in [-0.3, -0.25) is 9.69 Å². The number of carbonyl (C=O) groups excluding carboxylic acids is 2. The molecule has 3 fully saturated rings. The van der Waals surface area contributed by atoms with E-state index < -0.39 is 10.0 Å². The zero-order valence-corrected chi connectivity index (χ0v) is 24.8. The first kappa shape index (κ1) is 28.1. The molecule has 4 heterocycles. The highest BCUT2D eigenvalue weighted by Gasteiger charge is 2.52. The zero-order chi connectivity index (χ0) is 28.7. The first-order chi connectivity index (χ1) is 19.7. The van der Waals surface area contributed by atoms with Crippen LogP contribution in [0.3, 0.4) is 0 Å². The maximum Gasteiger partial charge on any atom is 0.326 e. The van der Waals surface area contributed by atoms with Crippen molar-refractivity contribution in [2.45, 2.75) is 50.6 Å². The van der Waals surface area contributed by atoms with Gasteiger partial charge in [0.05, 0.1) is 22.1 Å². The SMILES string of the molecule is CCS(=O)(=O)N1CCC[C@@H](NC(=O)C2=C3NC(=O)N(c4ccc(Oc5ccccc5)cc4C)C4CCNC(S2)C34)C1. The lowest BCUT2D eigenvalue weighted by Gasteiger charge is -2.46. The summed E-state index contributed by atoms with van der Waals surface area (Å²) in [4.78, 5) is 29.5. The Morgan fingerprint density at radius 2 is 1.95 bits per heavy atom. The van der Waals surface area contributed by atoms with Crippen LogP contribution in [0.2, 0.25) is 0 Å². The summed E-state index contributed by atoms with van der Waals surface area (Å²) in [7, 11) is -3.32. The molecular formula is C29H35N5O5S2. The molecule has 12 heteroatoms. The molecule has 2 aromatic rings. The summed E-state index contributed by atoms with van der Waals surface area (Å²) in [5.41, 5.74) is 2.39. The number of ether oxygens (including phenoxy) is 1. The number of nitrogens with one attached hydrogen (secondary N) is 3. The van der Waals surface area contributed by atoms with Gasteiger partial charge in [-0.25, -0.2) is 13.2 Å². The van der Waals surface area contributed by atoms with Crippen molar-refractivity contribution in [3.63, 3.8) is 0 Å². The highest BCUT2D eigenvalue weighted by molar-refractivity contribution is 8.04. The van der Waals surface area contributed by atoms with Gasteiger partial charge in [-0.05, 0) is 75.5 Å². The van der Waals surface area contributed by atoms with Gasteiger partial charge in [0.25, 0.3) is 5.91 Å². The Morgan fingerprint density at radius 1 is 1.15 bits per heavy atom. The third-order valence-electron chi connectivity index (χ3n) is 8.23. The number of hydrogen-bond acceptors (Lipinski definition) is 7. The van der Waals surface area contributed by atoms with Gasteiger partial charge in [0, 0.05) is 36.4 Å². The molecule has 3 N–H and O–H groups in total. The summed E-state index contributed by atoms with van der Waals surface area (Å²) in [6.07, 6.45) is 2.16. The standard InChI is InChI=1S/C29H35N5O5S2/c1-3-41(37,38)33-15-7-8-19(17-33)31-27(35)26-25-24-23(13-14-30-28(24)40-26)34(29(36)32-25)22-12-11-21(16-18(22)2)39-20-9-5-4-6-10-20/h4-6,9-12,16,19,23-24,28,30H,3,7-8,13-15,17H2,1-2H3,(H,31,35)(H,32,36)/t19-,23?,24?,28?/m1/s1. The number of anilines is 1. The summed E-state index contributed by atoms with van der Waals surface area (Å²) >= 11 is 1.45. The Morgan fingerprint density at radius 3 is 2.71 bits per heavy atom. The molecule has 4 atom stereocenters. The lowest BCUT2D eigenvalue weighted by molar-refractivity contribution is -0.117. The second-order valence-corrected chi connectivity index (χ2v) is 14.3. The Balaban J connectivity index is 1.21. The number of thioether (sulfide) groups is 1. The first-order valence-electron chi connectivity index (χ1n) is 14.1. The van der Waals surface area contributed by atoms with Gasteiger partial charge in [0.1, 0.15) is 11.5 Å². The minimum absolute atomic E-state index is 0.0417. The summed E-state index contributed by atoms with van der Waals surface area (Å²) in [6, 6.07) is 14.7. The number of rotatable bonds is 7. The monoisotopic (exact) mass is 597 g/mol. The lowest BCUT2D eigenvalue weighted by Crippen LogP contribution is -2.62. The van der Waals surface area contributed by atoms with E-state index in [2.05, 4.69) is 16.0 Å². The van der Waals surface area contributed by atoms with Gasteiger partial charge in [0.15, 0.2) is 0 Å². The van der Waals surface area contributed by atoms with E-state index in [0.717, 1.165) is 30.0 Å². The maximum atomic E-state index is 13.6. The van der Waals surface area contributed by atoms with Crippen LogP contribution in [-0.4, -0.2) is 67.5 Å². The molecule has 0 aromatic heterocycles. The Labute approximate surface area is 244 Å². The van der Waals surface area contributed by atoms with E-state index in [0.29, 0.717) is 35.7 Å². The second kappa shape index (κ2) is 11.3. The number of aryl methyl sites for hydroxylation is 1. The molecule has 6 rings (SSSR count). The number of sulfonamides is 1. The van der Waals surface area contributed by atoms with E-state index in [1.807, 2.05) is 60.4 Å². The average molecular weight is 598 g/mol. The minimum atomic E-state index is -3.32. The number of para-hydroxylation sites is 1. The van der Waals surface area contributed by atoms with Gasteiger partial charge in [-0.15, -0.1) is 0 Å². The molecule has 0 bridgehead atoms. The van der Waals surface area contributed by atoms with E-state index in [9.17, 15) is 18.0 Å². The van der Waals surface area contributed by atoms with Gasteiger partial charge < -0.3 is 20.7 Å². The summed E-state index contributed by atoms with van der Waals surface area (Å²) in [6.45, 7) is 5.08. The molecule has 4 aliphatic rings. The van der Waals surface area contributed by atoms with Crippen molar-refractivity contribution in [3.8, 4) is 11.5 Å². The molecular weight excluding hydrogens is 562 g/mol. The molecule has 3 unspecified atom stereocenters. The van der Waals surface area contributed by atoms with Gasteiger partial charge >= 0.3 is 6.03 Å². The lowest BCUT2D eigenvalue weighted by atomic mass is 9.86. The fourth-order valence-electron chi connectivity index (χ4n) is 6.23. The number of amides is 3. The Kier molecular flexibility index (Phi) is 7.75. The van der Waals surface area contributed by atoms with Gasteiger partial charge in [0.2, 0.25) is 10.0 Å². The maximum absolute atomic E-state index is 13.6. The fraction of sp³-hybridized carbons (Fsp3) is 0.448. The highest BCUT2D eigenvalue weighted by Crippen LogP contribution is 2.48. The van der Waals surface area contributed by atoms with E-state index in [1.165, 1.54) is 16.1 Å². The summed E-state index contributed by atoms with van der Waals surface area (Å²) in [5.74, 6) is 1.15. The largest absolute Gasteiger partial charge is 0.457 e. The number of urea groups is 1. The number of carbonyl (C=O) groups is 2. The number of benzene rings is 2. The van der Waals surface area contributed by atoms with E-state index >= 15 is 0 Å². The minimum Gasteiger partial charge on any atom is -0.457 e. The normalized spacial score (nSPS) is 26.4. The van der Waals surface area contributed by atoms with Crippen LogP contribution in [0.15, 0.2) is 59.1 Å². The first-order valence-corrected chi connectivity index (χ1v) is 16.6. The Hall–Kier alpha value is -3.06. The summed E-state index contributed by atoms with van der Waals surface area (Å²) in [5, 5.41) is 9.60. The quantitative estimate of drug-likeness (QED) is 0.447. The van der Waals surface area contributed by atoms with Crippen molar-refractivity contribution in [2.75, 3.05) is 30.3 Å². The molecule has 218 valence electrons. The van der Waals surface area contributed by atoms with Gasteiger partial charge in [-0.2, -0.15) is 4.31 Å². The van der Waals surface area contributed by atoms with Crippen LogP contribution in [-0.2, 0) is 14.8 Å². The van der Waals surface area contributed by atoms with Crippen LogP contribution in [0.5, 0.6) is 11.5 Å². The van der Waals surface area contributed by atoms with Crippen molar-refractivity contribution in [1.29, 1.82) is 0 Å². The van der Waals surface area contributed by atoms with E-state index in [1.54, 1.807) is 6.92 Å². The highest BCUT2D eigenvalue weighted by atomic mass is 32.2. The van der Waals surface area contributed by atoms with Crippen LogP contribution >= 0.6 is 11.8 Å². The summed E-state index contributed by atoms with van der Waals surface area (Å²) < 4.78 is 32.3. The van der Waals surface area contributed by atoms with Crippen LogP contribution in [0.25, 0.3) is 0 Å². The molecule has 0 saturated carbocycles. The predicted molar refractivity (Wildman–Crippen MR) is 159 cm³/mol. The van der Waals surface area contributed by atoms with Crippen molar-refractivity contribution < 1.29 is 22.7 Å². The molecule has 0 aliphatic carbocycles. The van der Waals surface area contributed by atoms with E-state index in [-0.39, 0.29) is 47.6 Å². The van der Waals surface area contributed by atoms with E-state index in [4.69, 9.17) is 4.74 Å². The number of piperidine rings is 2. The molecule has 10 nitrogen and oxygen atoms in total. The number of nitrogens with zero attached hydrogens (tertiary/aromatic N) is 2. The average Bonchev–Trinajstić information content (AvgIpc) is 3.34. The third kappa shape index (κ3) is 5.45. The molecule has 41 heavy (non-hydrogen) atoms. The molecule has 3 saturated heterocycles. The number of hydrogen-bond donors (Lipinski definition) is 3. The molecule has 3 amide bonds. The van der Waals surface area contributed by atoms with Crippen LogP contribution in [0.1, 0.15) is 31.7 Å². The predicted octanol–water partition coefficient (Wildman–Crippen LogP) is 3.51. The topological polar surface area (TPSA) is 120 Å².